The maximum Gasteiger partial charge on any atom is 0.228 e. The summed E-state index contributed by atoms with van der Waals surface area (Å²) in [5, 5.41) is 0. The van der Waals surface area contributed by atoms with Crippen molar-refractivity contribution in [2.45, 2.75) is 6.04 Å². The average molecular weight is 280 g/mol. The van der Waals surface area contributed by atoms with Crippen LogP contribution in [0, 0.1) is 5.82 Å². The molecule has 2 N–H and O–H groups in total. The van der Waals surface area contributed by atoms with Crippen LogP contribution >= 0.6 is 0 Å². The van der Waals surface area contributed by atoms with Crippen molar-refractivity contribution in [1.29, 1.82) is 0 Å². The summed E-state index contributed by atoms with van der Waals surface area (Å²) in [4.78, 5) is 4.13. The Morgan fingerprint density at radius 1 is 1.30 bits per heavy atom. The minimum atomic E-state index is -1.08. The number of rotatable bonds is 5. The summed E-state index contributed by atoms with van der Waals surface area (Å²) in [6, 6.07) is 6.86. The van der Waals surface area contributed by atoms with E-state index in [1.165, 1.54) is 19.2 Å². The number of halogens is 2. The van der Waals surface area contributed by atoms with E-state index in [9.17, 15) is 8.78 Å². The van der Waals surface area contributed by atoms with Gasteiger partial charge in [-0.2, -0.15) is 0 Å². The molecule has 2 rings (SSSR count). The highest BCUT2D eigenvalue weighted by atomic mass is 19.1. The van der Waals surface area contributed by atoms with Gasteiger partial charge in [0.15, 0.2) is 11.6 Å². The fourth-order valence-electron chi connectivity index (χ4n) is 1.78. The molecule has 0 aliphatic rings. The third-order valence-electron chi connectivity index (χ3n) is 2.83. The van der Waals surface area contributed by atoms with Crippen molar-refractivity contribution in [3.8, 4) is 11.5 Å². The predicted molar refractivity (Wildman–Crippen MR) is 69.8 cm³/mol. The number of benzene rings is 1. The van der Waals surface area contributed by atoms with E-state index in [4.69, 9.17) is 10.5 Å². The zero-order valence-corrected chi connectivity index (χ0v) is 10.8. The molecule has 0 aliphatic heterocycles. The quantitative estimate of drug-likeness (QED) is 0.914. The number of methoxy groups -OCH3 is 1. The van der Waals surface area contributed by atoms with E-state index in [-0.39, 0.29) is 5.75 Å². The zero-order chi connectivity index (χ0) is 14.5. The van der Waals surface area contributed by atoms with E-state index in [1.54, 1.807) is 24.4 Å². The molecule has 0 saturated heterocycles. The Morgan fingerprint density at radius 2 is 2.10 bits per heavy atom. The van der Waals surface area contributed by atoms with Gasteiger partial charge in [0.25, 0.3) is 0 Å². The van der Waals surface area contributed by atoms with Gasteiger partial charge in [0.2, 0.25) is 6.86 Å². The maximum absolute atomic E-state index is 13.7. The summed E-state index contributed by atoms with van der Waals surface area (Å²) in [5.41, 5.74) is 7.09. The molecule has 1 aromatic heterocycles. The monoisotopic (exact) mass is 280 g/mol. The summed E-state index contributed by atoms with van der Waals surface area (Å²) in [5.74, 6) is -0.205. The minimum absolute atomic E-state index is 0.151. The van der Waals surface area contributed by atoms with Gasteiger partial charge in [-0.3, -0.25) is 4.98 Å². The van der Waals surface area contributed by atoms with Crippen LogP contribution in [-0.2, 0) is 0 Å². The van der Waals surface area contributed by atoms with E-state index in [0.29, 0.717) is 17.0 Å². The normalized spacial score (nSPS) is 12.0. The Balaban J connectivity index is 2.28. The summed E-state index contributed by atoms with van der Waals surface area (Å²) in [7, 11) is 1.54. The molecule has 1 atom stereocenters. The highest BCUT2D eigenvalue weighted by Gasteiger charge is 2.14. The lowest BCUT2D eigenvalue weighted by molar-refractivity contribution is 0.184. The lowest BCUT2D eigenvalue weighted by Gasteiger charge is -2.13. The number of alkyl halides is 1. The number of aromatic nitrogens is 1. The highest BCUT2D eigenvalue weighted by Crippen LogP contribution is 2.25. The summed E-state index contributed by atoms with van der Waals surface area (Å²) in [6.07, 6.45) is 1.56. The van der Waals surface area contributed by atoms with Crippen LogP contribution in [0.1, 0.15) is 17.3 Å². The molecule has 0 spiro atoms. The lowest BCUT2D eigenvalue weighted by atomic mass is 10.0. The molecule has 0 bridgehead atoms. The van der Waals surface area contributed by atoms with Crippen LogP contribution in [0.5, 0.6) is 11.5 Å². The van der Waals surface area contributed by atoms with Crippen LogP contribution < -0.4 is 15.2 Å². The van der Waals surface area contributed by atoms with Gasteiger partial charge in [0.05, 0.1) is 18.8 Å². The van der Waals surface area contributed by atoms with Crippen LogP contribution in [-0.4, -0.2) is 19.0 Å². The fraction of sp³-hybridized carbons (Fsp3) is 0.214. The van der Waals surface area contributed by atoms with Crippen molar-refractivity contribution >= 4 is 0 Å². The number of nitrogens with two attached hydrogens (primary N) is 1. The van der Waals surface area contributed by atoms with Crippen LogP contribution in [0.2, 0.25) is 0 Å². The molecule has 0 saturated carbocycles. The Labute approximate surface area is 115 Å². The standard InChI is InChI=1S/C14H14F2N2O2/c1-19-10-4-5-18-12(7-10)14(17)9-2-3-13(20-8-15)11(16)6-9/h2-7,14H,8,17H2,1H3. The number of pyridine rings is 1. The van der Waals surface area contributed by atoms with Gasteiger partial charge in [0.1, 0.15) is 5.75 Å². The smallest absolute Gasteiger partial charge is 0.228 e. The van der Waals surface area contributed by atoms with Gasteiger partial charge in [0, 0.05) is 12.3 Å². The van der Waals surface area contributed by atoms with Crippen LogP contribution in [0.3, 0.4) is 0 Å². The van der Waals surface area contributed by atoms with Crippen molar-refractivity contribution in [3.05, 3.63) is 53.6 Å². The largest absolute Gasteiger partial charge is 0.497 e. The first-order valence-electron chi connectivity index (χ1n) is 5.89. The van der Waals surface area contributed by atoms with E-state index in [0.717, 1.165) is 0 Å². The maximum atomic E-state index is 13.7. The van der Waals surface area contributed by atoms with Gasteiger partial charge in [-0.15, -0.1) is 0 Å². The summed E-state index contributed by atoms with van der Waals surface area (Å²) < 4.78 is 35.3. The molecule has 2 aromatic rings. The molecule has 0 amide bonds. The van der Waals surface area contributed by atoms with E-state index >= 15 is 0 Å². The zero-order valence-electron chi connectivity index (χ0n) is 10.8. The highest BCUT2D eigenvalue weighted by molar-refractivity contribution is 5.36. The summed E-state index contributed by atoms with van der Waals surface area (Å²) in [6.45, 7) is -1.08. The first-order chi connectivity index (χ1) is 9.65. The van der Waals surface area contributed by atoms with Crippen molar-refractivity contribution < 1.29 is 18.3 Å². The van der Waals surface area contributed by atoms with E-state index < -0.39 is 18.7 Å². The molecule has 1 heterocycles. The second-order valence-corrected chi connectivity index (χ2v) is 4.04. The number of hydrogen-bond donors (Lipinski definition) is 1. The van der Waals surface area contributed by atoms with Gasteiger partial charge in [-0.25, -0.2) is 8.78 Å². The number of ether oxygens (including phenoxy) is 2. The van der Waals surface area contributed by atoms with Gasteiger partial charge >= 0.3 is 0 Å². The molecular weight excluding hydrogens is 266 g/mol. The third-order valence-corrected chi connectivity index (χ3v) is 2.83. The van der Waals surface area contributed by atoms with Gasteiger partial charge in [-0.1, -0.05) is 6.07 Å². The molecular formula is C14H14F2N2O2. The fourth-order valence-corrected chi connectivity index (χ4v) is 1.78. The molecule has 0 fully saturated rings. The molecule has 106 valence electrons. The first-order valence-corrected chi connectivity index (χ1v) is 5.89. The molecule has 0 radical (unpaired) electrons. The minimum Gasteiger partial charge on any atom is -0.497 e. The molecule has 20 heavy (non-hydrogen) atoms. The number of hydrogen-bond acceptors (Lipinski definition) is 4. The molecule has 1 unspecified atom stereocenters. The average Bonchev–Trinajstić information content (AvgIpc) is 2.49. The van der Waals surface area contributed by atoms with Crippen molar-refractivity contribution in [2.75, 3.05) is 14.0 Å². The van der Waals surface area contributed by atoms with E-state index in [2.05, 4.69) is 9.72 Å². The van der Waals surface area contributed by atoms with Crippen LogP contribution in [0.4, 0.5) is 8.78 Å². The third kappa shape index (κ3) is 3.03. The second kappa shape index (κ2) is 6.29. The summed E-state index contributed by atoms with van der Waals surface area (Å²) >= 11 is 0. The molecule has 6 heteroatoms. The van der Waals surface area contributed by atoms with Crippen LogP contribution in [0.15, 0.2) is 36.5 Å². The Morgan fingerprint density at radius 3 is 2.75 bits per heavy atom. The molecule has 0 aliphatic carbocycles. The lowest BCUT2D eigenvalue weighted by Crippen LogP contribution is -2.14. The second-order valence-electron chi connectivity index (χ2n) is 4.04. The van der Waals surface area contributed by atoms with Crippen LogP contribution in [0.25, 0.3) is 0 Å². The predicted octanol–water partition coefficient (Wildman–Crippen LogP) is 2.58. The van der Waals surface area contributed by atoms with Gasteiger partial charge in [-0.05, 0) is 23.8 Å². The molecule has 1 aromatic carbocycles. The number of nitrogens with zero attached hydrogens (tertiary/aromatic N) is 1. The van der Waals surface area contributed by atoms with Crippen molar-refractivity contribution in [3.63, 3.8) is 0 Å². The molecule has 4 nitrogen and oxygen atoms in total. The van der Waals surface area contributed by atoms with Crippen molar-refractivity contribution in [2.24, 2.45) is 5.73 Å². The van der Waals surface area contributed by atoms with Crippen molar-refractivity contribution in [1.82, 2.24) is 4.98 Å². The SMILES string of the molecule is COc1ccnc(C(N)c2ccc(OCF)c(F)c2)c1. The Bertz CT molecular complexity index is 593. The Kier molecular flexibility index (Phi) is 4.47. The Hall–Kier alpha value is -2.21. The first kappa shape index (κ1) is 14.2. The van der Waals surface area contributed by atoms with E-state index in [1.807, 2.05) is 0 Å². The van der Waals surface area contributed by atoms with Gasteiger partial charge < -0.3 is 15.2 Å². The topological polar surface area (TPSA) is 57.4 Å².